The number of rotatable bonds is 1. The molecule has 1 saturated heterocycles. The molecule has 0 unspecified atom stereocenters. The Bertz CT molecular complexity index is 160. The molecule has 1 amide bonds. The van der Waals surface area contributed by atoms with E-state index >= 15 is 0 Å². The van der Waals surface area contributed by atoms with Crippen LogP contribution in [0.2, 0.25) is 0 Å². The van der Waals surface area contributed by atoms with Gasteiger partial charge >= 0.3 is 0 Å². The minimum Gasteiger partial charge on any atom is -0.392 e. The van der Waals surface area contributed by atoms with E-state index in [1.54, 1.807) is 6.92 Å². The number of aliphatic hydroxyl groups excluding tert-OH is 1. The van der Waals surface area contributed by atoms with Crippen molar-refractivity contribution in [1.29, 1.82) is 0 Å². The van der Waals surface area contributed by atoms with Crippen molar-refractivity contribution >= 4 is 5.91 Å². The quantitative estimate of drug-likeness (QED) is 0.423. The molecule has 1 rings (SSSR count). The maximum Gasteiger partial charge on any atom is 0.237 e. The summed E-state index contributed by atoms with van der Waals surface area (Å²) in [4.78, 5) is 10.7. The first-order valence-electron chi connectivity index (χ1n) is 3.27. The van der Waals surface area contributed by atoms with Crippen molar-refractivity contribution < 1.29 is 9.90 Å². The number of nitrogens with two attached hydrogens (primary N) is 1. The van der Waals surface area contributed by atoms with Crippen molar-refractivity contribution in [2.45, 2.75) is 25.0 Å². The highest BCUT2D eigenvalue weighted by atomic mass is 16.3. The third kappa shape index (κ3) is 1.12. The van der Waals surface area contributed by atoms with Gasteiger partial charge in [-0.3, -0.25) is 4.79 Å². The molecule has 4 heteroatoms. The van der Waals surface area contributed by atoms with Crippen LogP contribution in [-0.2, 0) is 4.79 Å². The summed E-state index contributed by atoms with van der Waals surface area (Å²) in [6, 6.07) is 0. The van der Waals surface area contributed by atoms with Gasteiger partial charge in [0.25, 0.3) is 0 Å². The summed E-state index contributed by atoms with van der Waals surface area (Å²) in [5.41, 5.74) is 4.39. The first-order valence-corrected chi connectivity index (χ1v) is 3.27. The number of nitrogens with one attached hydrogen (secondary N) is 1. The summed E-state index contributed by atoms with van der Waals surface area (Å²) in [6.07, 6.45) is -0.0139. The minimum absolute atomic E-state index is 0.399. The summed E-state index contributed by atoms with van der Waals surface area (Å²) in [5, 5.41) is 11.9. The molecule has 1 heterocycles. The molecule has 0 radical (unpaired) electrons. The predicted octanol–water partition coefficient (Wildman–Crippen LogP) is -1.42. The molecule has 0 saturated carbocycles. The van der Waals surface area contributed by atoms with E-state index in [0.29, 0.717) is 13.0 Å². The Morgan fingerprint density at radius 3 is 2.70 bits per heavy atom. The van der Waals surface area contributed by atoms with Crippen molar-refractivity contribution in [3.63, 3.8) is 0 Å². The standard InChI is InChI=1S/C6H12N2O2/c1-6(5(7)10)2-4(9)3-8-6/h4,8-9H,2-3H2,1H3,(H2,7,10)/t4-,6+/m0/s1. The van der Waals surface area contributed by atoms with Gasteiger partial charge in [-0.05, 0) is 6.92 Å². The van der Waals surface area contributed by atoms with Gasteiger partial charge in [0.2, 0.25) is 5.91 Å². The number of amides is 1. The number of primary amides is 1. The molecule has 58 valence electrons. The van der Waals surface area contributed by atoms with Gasteiger partial charge in [0.1, 0.15) is 0 Å². The average molecular weight is 144 g/mol. The Balaban J connectivity index is 2.63. The molecule has 0 aromatic carbocycles. The fraction of sp³-hybridized carbons (Fsp3) is 0.833. The molecule has 2 atom stereocenters. The van der Waals surface area contributed by atoms with Crippen molar-refractivity contribution in [3.8, 4) is 0 Å². The van der Waals surface area contributed by atoms with Crippen molar-refractivity contribution in [2.24, 2.45) is 5.73 Å². The number of carbonyl (C=O) groups is 1. The Labute approximate surface area is 59.4 Å². The predicted molar refractivity (Wildman–Crippen MR) is 36.2 cm³/mol. The molecule has 0 aliphatic carbocycles. The molecule has 0 aromatic rings. The molecule has 0 aromatic heterocycles. The van der Waals surface area contributed by atoms with Crippen LogP contribution in [0.5, 0.6) is 0 Å². The average Bonchev–Trinajstić information content (AvgIpc) is 2.13. The van der Waals surface area contributed by atoms with E-state index in [0.717, 1.165) is 0 Å². The molecule has 0 spiro atoms. The zero-order valence-corrected chi connectivity index (χ0v) is 5.92. The van der Waals surface area contributed by atoms with Gasteiger partial charge in [-0.25, -0.2) is 0 Å². The number of hydrogen-bond donors (Lipinski definition) is 3. The second kappa shape index (κ2) is 2.21. The topological polar surface area (TPSA) is 75.4 Å². The smallest absolute Gasteiger partial charge is 0.237 e. The second-order valence-corrected chi connectivity index (χ2v) is 2.94. The van der Waals surface area contributed by atoms with Crippen molar-refractivity contribution in [1.82, 2.24) is 5.32 Å². The van der Waals surface area contributed by atoms with Crippen LogP contribution in [0.4, 0.5) is 0 Å². The van der Waals surface area contributed by atoms with Crippen LogP contribution in [-0.4, -0.2) is 29.2 Å². The summed E-state index contributed by atoms with van der Waals surface area (Å²) in [5.74, 6) is -0.399. The van der Waals surface area contributed by atoms with Crippen LogP contribution >= 0.6 is 0 Å². The monoisotopic (exact) mass is 144 g/mol. The molecular formula is C6H12N2O2. The van der Waals surface area contributed by atoms with Gasteiger partial charge in [-0.2, -0.15) is 0 Å². The lowest BCUT2D eigenvalue weighted by molar-refractivity contribution is -0.123. The first kappa shape index (κ1) is 7.50. The summed E-state index contributed by atoms with van der Waals surface area (Å²) in [6.45, 7) is 2.16. The van der Waals surface area contributed by atoms with Gasteiger partial charge in [-0.1, -0.05) is 0 Å². The fourth-order valence-corrected chi connectivity index (χ4v) is 1.15. The third-order valence-electron chi connectivity index (χ3n) is 1.92. The van der Waals surface area contributed by atoms with Gasteiger partial charge < -0.3 is 16.2 Å². The molecule has 4 N–H and O–H groups in total. The normalized spacial score (nSPS) is 40.0. The number of carbonyl (C=O) groups excluding carboxylic acids is 1. The van der Waals surface area contributed by atoms with Gasteiger partial charge in [0.15, 0.2) is 0 Å². The van der Waals surface area contributed by atoms with Crippen molar-refractivity contribution in [2.75, 3.05) is 6.54 Å². The maximum atomic E-state index is 10.7. The van der Waals surface area contributed by atoms with Gasteiger partial charge in [-0.15, -0.1) is 0 Å². The van der Waals surface area contributed by atoms with Crippen LogP contribution in [0.3, 0.4) is 0 Å². The molecule has 4 nitrogen and oxygen atoms in total. The molecule has 10 heavy (non-hydrogen) atoms. The van der Waals surface area contributed by atoms with Crippen LogP contribution in [0.15, 0.2) is 0 Å². The van der Waals surface area contributed by atoms with E-state index < -0.39 is 17.6 Å². The summed E-state index contributed by atoms with van der Waals surface area (Å²) in [7, 11) is 0. The summed E-state index contributed by atoms with van der Waals surface area (Å²) >= 11 is 0. The zero-order valence-electron chi connectivity index (χ0n) is 5.92. The highest BCUT2D eigenvalue weighted by Crippen LogP contribution is 2.17. The lowest BCUT2D eigenvalue weighted by Gasteiger charge is -2.18. The highest BCUT2D eigenvalue weighted by molar-refractivity contribution is 5.84. The van der Waals surface area contributed by atoms with Crippen molar-refractivity contribution in [3.05, 3.63) is 0 Å². The van der Waals surface area contributed by atoms with Gasteiger partial charge in [0.05, 0.1) is 11.6 Å². The number of aliphatic hydroxyl groups is 1. The largest absolute Gasteiger partial charge is 0.392 e. The van der Waals surface area contributed by atoms with E-state index in [4.69, 9.17) is 10.8 Å². The lowest BCUT2D eigenvalue weighted by Crippen LogP contribution is -2.48. The molecule has 0 bridgehead atoms. The van der Waals surface area contributed by atoms with E-state index in [1.807, 2.05) is 0 Å². The second-order valence-electron chi connectivity index (χ2n) is 2.94. The Morgan fingerprint density at radius 2 is 2.50 bits per heavy atom. The Kier molecular flexibility index (Phi) is 1.66. The Hall–Kier alpha value is -0.610. The van der Waals surface area contributed by atoms with Crippen LogP contribution in [0, 0.1) is 0 Å². The number of β-amino-alcohol motifs (C(OH)–C–C–N with tert-alkyl or cyclic N) is 1. The van der Waals surface area contributed by atoms with Crippen LogP contribution < -0.4 is 11.1 Å². The highest BCUT2D eigenvalue weighted by Gasteiger charge is 2.38. The SMILES string of the molecule is C[C@]1(C(N)=O)C[C@H](O)CN1. The van der Waals surface area contributed by atoms with Gasteiger partial charge in [0, 0.05) is 13.0 Å². The summed E-state index contributed by atoms with van der Waals surface area (Å²) < 4.78 is 0. The third-order valence-corrected chi connectivity index (χ3v) is 1.92. The minimum atomic E-state index is -0.695. The van der Waals surface area contributed by atoms with E-state index in [9.17, 15) is 4.79 Å². The van der Waals surface area contributed by atoms with Crippen LogP contribution in [0.1, 0.15) is 13.3 Å². The molecule has 1 fully saturated rings. The lowest BCUT2D eigenvalue weighted by atomic mass is 9.99. The fourth-order valence-electron chi connectivity index (χ4n) is 1.15. The van der Waals surface area contributed by atoms with E-state index in [-0.39, 0.29) is 0 Å². The zero-order chi connectivity index (χ0) is 7.78. The Morgan fingerprint density at radius 1 is 1.90 bits per heavy atom. The van der Waals surface area contributed by atoms with E-state index in [2.05, 4.69) is 5.32 Å². The first-order chi connectivity index (χ1) is 4.54. The molecular weight excluding hydrogens is 132 g/mol. The van der Waals surface area contributed by atoms with Crippen LogP contribution in [0.25, 0.3) is 0 Å². The maximum absolute atomic E-state index is 10.7. The van der Waals surface area contributed by atoms with E-state index in [1.165, 1.54) is 0 Å². The molecule has 1 aliphatic heterocycles. The molecule has 1 aliphatic rings. The number of hydrogen-bond acceptors (Lipinski definition) is 3.